The van der Waals surface area contributed by atoms with E-state index in [-0.39, 0.29) is 11.3 Å². The van der Waals surface area contributed by atoms with Gasteiger partial charge in [0.2, 0.25) is 5.91 Å². The van der Waals surface area contributed by atoms with Crippen molar-refractivity contribution in [3.8, 4) is 11.1 Å². The van der Waals surface area contributed by atoms with E-state index in [1.807, 2.05) is 85.3 Å². The standard InChI is InChI=1S/C24H22N2O2/c1-3-9-21(27)25-24-22(18-14-8-11-16-10-4-5-12-17(16)18)23(28)19-13-6-7-15-20(19)26(24)2/h4-8,10-15H,3,9H2,1-2H3,(H,25,27). The molecule has 140 valence electrons. The molecule has 0 aliphatic rings. The van der Waals surface area contributed by atoms with E-state index in [4.69, 9.17) is 0 Å². The molecular formula is C24H22N2O2. The molecule has 0 fully saturated rings. The third kappa shape index (κ3) is 2.97. The summed E-state index contributed by atoms with van der Waals surface area (Å²) in [4.78, 5) is 26.0. The maximum Gasteiger partial charge on any atom is 0.225 e. The van der Waals surface area contributed by atoms with Gasteiger partial charge in [-0.2, -0.15) is 0 Å². The van der Waals surface area contributed by atoms with Gasteiger partial charge in [-0.15, -0.1) is 0 Å². The first-order valence-corrected chi connectivity index (χ1v) is 9.51. The van der Waals surface area contributed by atoms with Crippen LogP contribution in [0.3, 0.4) is 0 Å². The maximum atomic E-state index is 13.5. The van der Waals surface area contributed by atoms with Crippen LogP contribution in [0.5, 0.6) is 0 Å². The van der Waals surface area contributed by atoms with Crippen molar-refractivity contribution in [3.63, 3.8) is 0 Å². The number of carbonyl (C=O) groups excluding carboxylic acids is 1. The average Bonchev–Trinajstić information content (AvgIpc) is 2.72. The third-order valence-electron chi connectivity index (χ3n) is 5.10. The molecule has 28 heavy (non-hydrogen) atoms. The average molecular weight is 370 g/mol. The van der Waals surface area contributed by atoms with Crippen molar-refractivity contribution in [1.29, 1.82) is 0 Å². The second kappa shape index (κ2) is 7.31. The summed E-state index contributed by atoms with van der Waals surface area (Å²) in [5, 5.41) is 5.69. The van der Waals surface area contributed by atoms with Gasteiger partial charge in [-0.25, -0.2) is 0 Å². The largest absolute Gasteiger partial charge is 0.330 e. The smallest absolute Gasteiger partial charge is 0.225 e. The summed E-state index contributed by atoms with van der Waals surface area (Å²) < 4.78 is 1.90. The fourth-order valence-electron chi connectivity index (χ4n) is 3.75. The first-order valence-electron chi connectivity index (χ1n) is 9.51. The van der Waals surface area contributed by atoms with E-state index in [9.17, 15) is 9.59 Å². The lowest BCUT2D eigenvalue weighted by molar-refractivity contribution is -0.116. The van der Waals surface area contributed by atoms with Gasteiger partial charge >= 0.3 is 0 Å². The number of nitrogens with zero attached hydrogens (tertiary/aromatic N) is 1. The van der Waals surface area contributed by atoms with E-state index in [0.29, 0.717) is 23.2 Å². The van der Waals surface area contributed by atoms with Gasteiger partial charge in [0.15, 0.2) is 5.43 Å². The van der Waals surface area contributed by atoms with Crippen molar-refractivity contribution in [1.82, 2.24) is 4.57 Å². The van der Waals surface area contributed by atoms with Crippen LogP contribution in [-0.4, -0.2) is 10.5 Å². The molecule has 4 nitrogen and oxygen atoms in total. The van der Waals surface area contributed by atoms with Crippen molar-refractivity contribution in [2.75, 3.05) is 5.32 Å². The second-order valence-electron chi connectivity index (χ2n) is 6.95. The Hall–Kier alpha value is -3.40. The van der Waals surface area contributed by atoms with Crippen LogP contribution in [0, 0.1) is 0 Å². The Morgan fingerprint density at radius 3 is 2.39 bits per heavy atom. The Balaban J connectivity index is 2.10. The Morgan fingerprint density at radius 1 is 0.929 bits per heavy atom. The van der Waals surface area contributed by atoms with Gasteiger partial charge in [0.25, 0.3) is 0 Å². The first-order chi connectivity index (χ1) is 13.6. The summed E-state index contributed by atoms with van der Waals surface area (Å²) >= 11 is 0. The first kappa shape index (κ1) is 18.0. The summed E-state index contributed by atoms with van der Waals surface area (Å²) in [6, 6.07) is 21.4. The minimum atomic E-state index is -0.0886. The molecule has 0 spiro atoms. The highest BCUT2D eigenvalue weighted by atomic mass is 16.1. The van der Waals surface area contributed by atoms with Crippen LogP contribution < -0.4 is 10.7 Å². The zero-order valence-electron chi connectivity index (χ0n) is 16.0. The van der Waals surface area contributed by atoms with Crippen LogP contribution in [0.25, 0.3) is 32.8 Å². The number of amides is 1. The molecule has 0 unspecified atom stereocenters. The van der Waals surface area contributed by atoms with E-state index in [2.05, 4.69) is 5.32 Å². The van der Waals surface area contributed by atoms with E-state index in [0.717, 1.165) is 28.3 Å². The Bertz CT molecular complexity index is 1250. The number of benzene rings is 3. The predicted octanol–water partition coefficient (Wildman–Crippen LogP) is 5.10. The number of para-hydroxylation sites is 1. The summed E-state index contributed by atoms with van der Waals surface area (Å²) in [6.07, 6.45) is 1.16. The molecule has 4 aromatic rings. The number of aryl methyl sites for hydroxylation is 1. The normalized spacial score (nSPS) is 11.1. The zero-order valence-corrected chi connectivity index (χ0v) is 16.0. The fraction of sp³-hybridized carbons (Fsp3) is 0.167. The van der Waals surface area contributed by atoms with Gasteiger partial charge < -0.3 is 9.88 Å². The van der Waals surface area contributed by atoms with Gasteiger partial charge in [0, 0.05) is 18.9 Å². The number of carbonyl (C=O) groups is 1. The molecule has 4 heteroatoms. The Morgan fingerprint density at radius 2 is 1.61 bits per heavy atom. The number of pyridine rings is 1. The summed E-state index contributed by atoms with van der Waals surface area (Å²) in [6.45, 7) is 1.96. The Kier molecular flexibility index (Phi) is 4.70. The molecule has 0 saturated heterocycles. The molecule has 0 atom stereocenters. The maximum absolute atomic E-state index is 13.5. The van der Waals surface area contributed by atoms with E-state index < -0.39 is 0 Å². The molecule has 1 N–H and O–H groups in total. The third-order valence-corrected chi connectivity index (χ3v) is 5.10. The number of hydrogen-bond acceptors (Lipinski definition) is 2. The van der Waals surface area contributed by atoms with E-state index in [1.54, 1.807) is 0 Å². The van der Waals surface area contributed by atoms with Crippen molar-refractivity contribution in [3.05, 3.63) is 77.0 Å². The highest BCUT2D eigenvalue weighted by Crippen LogP contribution is 2.33. The highest BCUT2D eigenvalue weighted by molar-refractivity contribution is 6.04. The van der Waals surface area contributed by atoms with Gasteiger partial charge in [0.05, 0.1) is 11.1 Å². The Labute approximate surface area is 163 Å². The lowest BCUT2D eigenvalue weighted by atomic mass is 9.96. The SMILES string of the molecule is CCCC(=O)Nc1c(-c2cccc3ccccc23)c(=O)c2ccccc2n1C. The van der Waals surface area contributed by atoms with Crippen LogP contribution in [-0.2, 0) is 11.8 Å². The van der Waals surface area contributed by atoms with Crippen LogP contribution in [0.2, 0.25) is 0 Å². The van der Waals surface area contributed by atoms with Gasteiger partial charge in [0.1, 0.15) is 5.82 Å². The number of nitrogens with one attached hydrogen (secondary N) is 1. The molecule has 0 radical (unpaired) electrons. The minimum Gasteiger partial charge on any atom is -0.330 e. The van der Waals surface area contributed by atoms with Crippen LogP contribution in [0.4, 0.5) is 5.82 Å². The molecule has 3 aromatic carbocycles. The van der Waals surface area contributed by atoms with E-state index in [1.165, 1.54) is 0 Å². The predicted molar refractivity (Wildman–Crippen MR) is 116 cm³/mol. The molecule has 1 aromatic heterocycles. The molecule has 4 rings (SSSR count). The van der Waals surface area contributed by atoms with Gasteiger partial charge in [-0.3, -0.25) is 9.59 Å². The number of aromatic nitrogens is 1. The van der Waals surface area contributed by atoms with Crippen LogP contribution in [0.15, 0.2) is 71.5 Å². The number of hydrogen-bond donors (Lipinski definition) is 1. The number of anilines is 1. The number of rotatable bonds is 4. The van der Waals surface area contributed by atoms with Crippen LogP contribution >= 0.6 is 0 Å². The van der Waals surface area contributed by atoms with Gasteiger partial charge in [-0.05, 0) is 34.9 Å². The van der Waals surface area contributed by atoms with Crippen molar-refractivity contribution in [2.45, 2.75) is 19.8 Å². The summed E-state index contributed by atoms with van der Waals surface area (Å²) in [5.41, 5.74) is 2.08. The fourth-order valence-corrected chi connectivity index (χ4v) is 3.75. The number of fused-ring (bicyclic) bond motifs is 2. The minimum absolute atomic E-state index is 0.0724. The summed E-state index contributed by atoms with van der Waals surface area (Å²) in [7, 11) is 1.89. The molecule has 0 bridgehead atoms. The quantitative estimate of drug-likeness (QED) is 0.543. The van der Waals surface area contributed by atoms with Crippen molar-refractivity contribution < 1.29 is 4.79 Å². The molecule has 1 amide bonds. The van der Waals surface area contributed by atoms with Crippen molar-refractivity contribution >= 4 is 33.4 Å². The molecule has 1 heterocycles. The lowest BCUT2D eigenvalue weighted by Gasteiger charge is -2.19. The topological polar surface area (TPSA) is 51.1 Å². The second-order valence-corrected chi connectivity index (χ2v) is 6.95. The zero-order chi connectivity index (χ0) is 19.7. The summed E-state index contributed by atoms with van der Waals surface area (Å²) in [5.74, 6) is 0.452. The van der Waals surface area contributed by atoms with Gasteiger partial charge in [-0.1, -0.05) is 61.5 Å². The lowest BCUT2D eigenvalue weighted by Crippen LogP contribution is -2.21. The monoisotopic (exact) mass is 370 g/mol. The molecule has 0 saturated carbocycles. The highest BCUT2D eigenvalue weighted by Gasteiger charge is 2.19. The van der Waals surface area contributed by atoms with Crippen LogP contribution in [0.1, 0.15) is 19.8 Å². The van der Waals surface area contributed by atoms with Crippen molar-refractivity contribution in [2.24, 2.45) is 7.05 Å². The van der Waals surface area contributed by atoms with E-state index >= 15 is 0 Å². The molecular weight excluding hydrogens is 348 g/mol. The molecule has 0 aliphatic carbocycles. The molecule has 0 aliphatic heterocycles.